The second kappa shape index (κ2) is 8.18. The van der Waals surface area contributed by atoms with Crippen LogP contribution in [0.4, 0.5) is 10.1 Å². The van der Waals surface area contributed by atoms with Crippen molar-refractivity contribution in [1.82, 2.24) is 14.8 Å². The van der Waals surface area contributed by atoms with Crippen molar-refractivity contribution in [3.63, 3.8) is 0 Å². The Kier molecular flexibility index (Phi) is 6.23. The van der Waals surface area contributed by atoms with E-state index in [0.29, 0.717) is 17.1 Å². The Hall–Kier alpha value is -2.04. The maximum Gasteiger partial charge on any atom is 0.231 e. The molecule has 2 aromatic heterocycles. The second-order valence-corrected chi connectivity index (χ2v) is 6.36. The van der Waals surface area contributed by atoms with Crippen LogP contribution in [0.5, 0.6) is 0 Å². The van der Waals surface area contributed by atoms with Crippen LogP contribution in [0.3, 0.4) is 0 Å². The van der Waals surface area contributed by atoms with Crippen molar-refractivity contribution in [2.45, 2.75) is 6.92 Å². The standard InChI is InChI=1S/C16H16ClFN4OS/c1-4-5-21(16(23)11(2)10-24-3)14-9-22(20-15(14)17)13-6-12(18)7-19-8-13/h1,6-9,11H,5,10H2,2-3H3. The number of carbonyl (C=O) groups excluding carboxylic acids is 1. The molecule has 8 heteroatoms. The van der Waals surface area contributed by atoms with Crippen LogP contribution >= 0.6 is 23.4 Å². The largest absolute Gasteiger partial charge is 0.296 e. The van der Waals surface area contributed by atoms with Gasteiger partial charge in [0.05, 0.1) is 30.8 Å². The van der Waals surface area contributed by atoms with E-state index in [-0.39, 0.29) is 23.5 Å². The van der Waals surface area contributed by atoms with Gasteiger partial charge in [0.2, 0.25) is 5.91 Å². The fraction of sp³-hybridized carbons (Fsp3) is 0.312. The van der Waals surface area contributed by atoms with Gasteiger partial charge in [-0.1, -0.05) is 24.4 Å². The Balaban J connectivity index is 2.38. The van der Waals surface area contributed by atoms with E-state index in [1.54, 1.807) is 18.0 Å². The number of carbonyl (C=O) groups is 1. The van der Waals surface area contributed by atoms with E-state index in [0.717, 1.165) is 6.20 Å². The number of amides is 1. The van der Waals surface area contributed by atoms with Crippen molar-refractivity contribution in [3.05, 3.63) is 35.6 Å². The van der Waals surface area contributed by atoms with Crippen molar-refractivity contribution in [1.29, 1.82) is 0 Å². The molecule has 2 heterocycles. The summed E-state index contributed by atoms with van der Waals surface area (Å²) in [5.74, 6) is 2.27. The molecule has 0 aliphatic heterocycles. The van der Waals surface area contributed by atoms with E-state index in [4.69, 9.17) is 18.0 Å². The molecule has 0 saturated carbocycles. The first kappa shape index (κ1) is 18.3. The molecule has 0 N–H and O–H groups in total. The maximum absolute atomic E-state index is 13.3. The van der Waals surface area contributed by atoms with Crippen molar-refractivity contribution in [3.8, 4) is 18.0 Å². The van der Waals surface area contributed by atoms with Gasteiger partial charge in [-0.15, -0.1) is 6.42 Å². The Morgan fingerprint density at radius 1 is 1.58 bits per heavy atom. The molecule has 0 bridgehead atoms. The molecule has 0 radical (unpaired) electrons. The predicted molar refractivity (Wildman–Crippen MR) is 95.1 cm³/mol. The summed E-state index contributed by atoms with van der Waals surface area (Å²) in [7, 11) is 0. The molecule has 126 valence electrons. The Morgan fingerprint density at radius 2 is 2.33 bits per heavy atom. The zero-order chi connectivity index (χ0) is 17.7. The van der Waals surface area contributed by atoms with Gasteiger partial charge in [0.15, 0.2) is 5.15 Å². The van der Waals surface area contributed by atoms with Crippen LogP contribution in [0.2, 0.25) is 5.15 Å². The number of aromatic nitrogens is 3. The highest BCUT2D eigenvalue weighted by atomic mass is 35.5. The average molecular weight is 367 g/mol. The molecule has 0 fully saturated rings. The summed E-state index contributed by atoms with van der Waals surface area (Å²) in [5, 5.41) is 4.23. The SMILES string of the molecule is C#CCN(C(=O)C(C)CSC)c1cn(-c2cncc(F)c2)nc1Cl. The van der Waals surface area contributed by atoms with Crippen molar-refractivity contribution in [2.75, 3.05) is 23.5 Å². The van der Waals surface area contributed by atoms with Gasteiger partial charge >= 0.3 is 0 Å². The summed E-state index contributed by atoms with van der Waals surface area (Å²) in [6.07, 6.45) is 11.4. The number of pyridine rings is 1. The Bertz CT molecular complexity index is 774. The molecular formula is C16H16ClFN4OS. The van der Waals surface area contributed by atoms with Crippen molar-refractivity contribution in [2.24, 2.45) is 5.92 Å². The molecule has 0 aliphatic carbocycles. The lowest BCUT2D eigenvalue weighted by Crippen LogP contribution is -2.36. The lowest BCUT2D eigenvalue weighted by atomic mass is 10.2. The van der Waals surface area contributed by atoms with Gasteiger partial charge < -0.3 is 0 Å². The lowest BCUT2D eigenvalue weighted by Gasteiger charge is -2.22. The number of anilines is 1. The van der Waals surface area contributed by atoms with E-state index in [9.17, 15) is 9.18 Å². The zero-order valence-corrected chi connectivity index (χ0v) is 14.8. The highest BCUT2D eigenvalue weighted by molar-refractivity contribution is 7.98. The molecule has 5 nitrogen and oxygen atoms in total. The number of rotatable bonds is 6. The summed E-state index contributed by atoms with van der Waals surface area (Å²) < 4.78 is 14.7. The van der Waals surface area contributed by atoms with Gasteiger partial charge in [-0.25, -0.2) is 9.07 Å². The quantitative estimate of drug-likeness (QED) is 0.737. The molecule has 1 unspecified atom stereocenters. The van der Waals surface area contributed by atoms with Gasteiger partial charge in [0.25, 0.3) is 0 Å². The molecule has 1 atom stereocenters. The molecule has 2 rings (SSSR count). The van der Waals surface area contributed by atoms with Crippen LogP contribution in [0, 0.1) is 24.1 Å². The van der Waals surface area contributed by atoms with Crippen LogP contribution in [-0.2, 0) is 4.79 Å². The maximum atomic E-state index is 13.3. The molecule has 0 spiro atoms. The number of halogens is 2. The predicted octanol–water partition coefficient (Wildman–Crippen LogP) is 3.03. The van der Waals surface area contributed by atoms with Gasteiger partial charge in [-0.05, 0) is 6.26 Å². The third-order valence-corrected chi connectivity index (χ3v) is 4.35. The smallest absolute Gasteiger partial charge is 0.231 e. The molecule has 0 aromatic carbocycles. The fourth-order valence-corrected chi connectivity index (χ4v) is 3.02. The molecule has 0 saturated heterocycles. The van der Waals surface area contributed by atoms with Gasteiger partial charge in [-0.3, -0.25) is 14.7 Å². The summed E-state index contributed by atoms with van der Waals surface area (Å²) >= 11 is 7.75. The second-order valence-electron chi connectivity index (χ2n) is 5.10. The highest BCUT2D eigenvalue weighted by Crippen LogP contribution is 2.27. The summed E-state index contributed by atoms with van der Waals surface area (Å²) in [6, 6.07) is 1.27. The normalized spacial score (nSPS) is 11.8. The first-order valence-corrected chi connectivity index (χ1v) is 8.85. The molecule has 0 aliphatic rings. The average Bonchev–Trinajstić information content (AvgIpc) is 2.94. The highest BCUT2D eigenvalue weighted by Gasteiger charge is 2.25. The number of hydrogen-bond acceptors (Lipinski definition) is 4. The summed E-state index contributed by atoms with van der Waals surface area (Å²) in [5.41, 5.74) is 0.783. The topological polar surface area (TPSA) is 51.0 Å². The molecule has 24 heavy (non-hydrogen) atoms. The van der Waals surface area contributed by atoms with Crippen molar-refractivity contribution < 1.29 is 9.18 Å². The van der Waals surface area contributed by atoms with E-state index >= 15 is 0 Å². The minimum atomic E-state index is -0.495. The minimum Gasteiger partial charge on any atom is -0.296 e. The van der Waals surface area contributed by atoms with Crippen LogP contribution in [0.25, 0.3) is 5.69 Å². The first-order chi connectivity index (χ1) is 11.5. The molecule has 1 amide bonds. The van der Waals surface area contributed by atoms with Crippen molar-refractivity contribution >= 4 is 35.0 Å². The van der Waals surface area contributed by atoms with Crippen LogP contribution < -0.4 is 4.90 Å². The van der Waals surface area contributed by atoms with E-state index in [1.807, 2.05) is 13.2 Å². The minimum absolute atomic E-state index is 0.0738. The summed E-state index contributed by atoms with van der Waals surface area (Å²) in [4.78, 5) is 17.8. The Labute approximate surface area is 149 Å². The lowest BCUT2D eigenvalue weighted by molar-refractivity contribution is -0.121. The third-order valence-electron chi connectivity index (χ3n) is 3.25. The number of terminal acetylenes is 1. The Morgan fingerprint density at radius 3 is 2.96 bits per heavy atom. The van der Waals surface area contributed by atoms with Gasteiger partial charge in [0.1, 0.15) is 11.5 Å². The van der Waals surface area contributed by atoms with E-state index < -0.39 is 5.82 Å². The zero-order valence-electron chi connectivity index (χ0n) is 13.2. The fourth-order valence-electron chi connectivity index (χ4n) is 2.14. The van der Waals surface area contributed by atoms with Gasteiger partial charge in [-0.2, -0.15) is 16.9 Å². The number of nitrogens with zero attached hydrogens (tertiary/aromatic N) is 4. The third kappa shape index (κ3) is 4.08. The molecule has 2 aromatic rings. The number of thioether (sulfide) groups is 1. The monoisotopic (exact) mass is 366 g/mol. The first-order valence-electron chi connectivity index (χ1n) is 7.07. The van der Waals surface area contributed by atoms with E-state index in [2.05, 4.69) is 16.0 Å². The van der Waals surface area contributed by atoms with Crippen LogP contribution in [0.15, 0.2) is 24.7 Å². The molecular weight excluding hydrogens is 351 g/mol. The van der Waals surface area contributed by atoms with Gasteiger partial charge in [0, 0.05) is 17.7 Å². The summed E-state index contributed by atoms with van der Waals surface area (Å²) in [6.45, 7) is 1.90. The van der Waals surface area contributed by atoms with Crippen LogP contribution in [0.1, 0.15) is 6.92 Å². The van der Waals surface area contributed by atoms with Crippen LogP contribution in [-0.4, -0.2) is 39.2 Å². The van der Waals surface area contributed by atoms with E-state index in [1.165, 1.54) is 21.8 Å². The number of hydrogen-bond donors (Lipinski definition) is 0.